The van der Waals surface area contributed by atoms with Crippen LogP contribution in [0.15, 0.2) is 48.5 Å². The number of fused-ring (bicyclic) bond motifs is 1. The van der Waals surface area contributed by atoms with Gasteiger partial charge < -0.3 is 14.8 Å². The molecule has 3 rings (SSSR count). The van der Waals surface area contributed by atoms with E-state index >= 15 is 0 Å². The van der Waals surface area contributed by atoms with Crippen LogP contribution in [0.4, 0.5) is 0 Å². The highest BCUT2D eigenvalue weighted by atomic mass is 16.5. The molecule has 0 radical (unpaired) electrons. The highest BCUT2D eigenvalue weighted by molar-refractivity contribution is 5.48. The topological polar surface area (TPSA) is 30.5 Å². The van der Waals surface area contributed by atoms with Crippen LogP contribution in [-0.2, 0) is 13.0 Å². The van der Waals surface area contributed by atoms with E-state index in [9.17, 15) is 0 Å². The molecule has 1 heterocycles. The average Bonchev–Trinajstić information content (AvgIpc) is 2.56. The van der Waals surface area contributed by atoms with Crippen molar-refractivity contribution in [2.75, 3.05) is 6.54 Å². The largest absolute Gasteiger partial charge is 0.487 e. The summed E-state index contributed by atoms with van der Waals surface area (Å²) in [5.41, 5.74) is 2.55. The standard InChI is InChI=1S/C20H25NO2/c1-15(2)22-19-10-6-9-17-11-12-18(23-20(17)19)14-21-13-16-7-4-3-5-8-16/h3-10,15,18,21H,11-14H2,1-2H3. The van der Waals surface area contributed by atoms with Crippen molar-refractivity contribution in [3.63, 3.8) is 0 Å². The highest BCUT2D eigenvalue weighted by Gasteiger charge is 2.23. The summed E-state index contributed by atoms with van der Waals surface area (Å²) in [6.07, 6.45) is 2.44. The van der Waals surface area contributed by atoms with Crippen LogP contribution in [0.3, 0.4) is 0 Å². The Hall–Kier alpha value is -2.00. The first-order chi connectivity index (χ1) is 11.2. The van der Waals surface area contributed by atoms with E-state index in [1.54, 1.807) is 0 Å². The van der Waals surface area contributed by atoms with Crippen molar-refractivity contribution in [3.8, 4) is 11.5 Å². The zero-order chi connectivity index (χ0) is 16.1. The van der Waals surface area contributed by atoms with Gasteiger partial charge in [-0.15, -0.1) is 0 Å². The van der Waals surface area contributed by atoms with Crippen LogP contribution < -0.4 is 14.8 Å². The van der Waals surface area contributed by atoms with Gasteiger partial charge in [-0.3, -0.25) is 0 Å². The third-order valence-electron chi connectivity index (χ3n) is 3.99. The molecule has 0 fully saturated rings. The Morgan fingerprint density at radius 1 is 1.13 bits per heavy atom. The van der Waals surface area contributed by atoms with Gasteiger partial charge in [0.05, 0.1) is 6.10 Å². The molecule has 122 valence electrons. The van der Waals surface area contributed by atoms with Gasteiger partial charge in [0, 0.05) is 13.1 Å². The van der Waals surface area contributed by atoms with E-state index in [1.165, 1.54) is 11.1 Å². The van der Waals surface area contributed by atoms with Crippen molar-refractivity contribution in [1.29, 1.82) is 0 Å². The lowest BCUT2D eigenvalue weighted by Gasteiger charge is -2.28. The molecule has 2 aromatic carbocycles. The third-order valence-corrected chi connectivity index (χ3v) is 3.99. The van der Waals surface area contributed by atoms with E-state index in [2.05, 4.69) is 35.6 Å². The average molecular weight is 311 g/mol. The Balaban J connectivity index is 1.58. The quantitative estimate of drug-likeness (QED) is 0.876. The molecule has 0 bridgehead atoms. The molecule has 1 aliphatic rings. The van der Waals surface area contributed by atoms with Crippen LogP contribution >= 0.6 is 0 Å². The Morgan fingerprint density at radius 2 is 1.96 bits per heavy atom. The van der Waals surface area contributed by atoms with E-state index in [0.29, 0.717) is 0 Å². The Morgan fingerprint density at radius 3 is 2.74 bits per heavy atom. The van der Waals surface area contributed by atoms with Crippen molar-refractivity contribution >= 4 is 0 Å². The molecule has 1 unspecified atom stereocenters. The molecule has 1 aliphatic heterocycles. The predicted molar refractivity (Wildman–Crippen MR) is 93.1 cm³/mol. The number of benzene rings is 2. The van der Waals surface area contributed by atoms with E-state index in [1.807, 2.05) is 32.0 Å². The van der Waals surface area contributed by atoms with E-state index in [-0.39, 0.29) is 12.2 Å². The normalized spacial score (nSPS) is 16.7. The molecule has 0 aromatic heterocycles. The van der Waals surface area contributed by atoms with Crippen LogP contribution in [-0.4, -0.2) is 18.8 Å². The minimum Gasteiger partial charge on any atom is -0.487 e. The smallest absolute Gasteiger partial charge is 0.164 e. The van der Waals surface area contributed by atoms with E-state index in [0.717, 1.165) is 37.4 Å². The monoisotopic (exact) mass is 311 g/mol. The number of ether oxygens (including phenoxy) is 2. The predicted octanol–water partition coefficient (Wildman–Crippen LogP) is 3.96. The molecule has 2 aromatic rings. The Labute approximate surface area is 138 Å². The summed E-state index contributed by atoms with van der Waals surface area (Å²) in [5.74, 6) is 1.80. The lowest BCUT2D eigenvalue weighted by molar-refractivity contribution is 0.152. The maximum Gasteiger partial charge on any atom is 0.164 e. The van der Waals surface area contributed by atoms with Gasteiger partial charge in [-0.25, -0.2) is 0 Å². The van der Waals surface area contributed by atoms with Gasteiger partial charge in [-0.1, -0.05) is 42.5 Å². The van der Waals surface area contributed by atoms with Crippen molar-refractivity contribution < 1.29 is 9.47 Å². The molecule has 1 N–H and O–H groups in total. The molecule has 3 nitrogen and oxygen atoms in total. The number of para-hydroxylation sites is 1. The molecule has 0 saturated heterocycles. The summed E-state index contributed by atoms with van der Waals surface area (Å²) in [4.78, 5) is 0. The zero-order valence-corrected chi connectivity index (χ0v) is 13.9. The number of hydrogen-bond donors (Lipinski definition) is 1. The summed E-state index contributed by atoms with van der Waals surface area (Å²) < 4.78 is 12.1. The number of hydrogen-bond acceptors (Lipinski definition) is 3. The van der Waals surface area contributed by atoms with Gasteiger partial charge in [0.2, 0.25) is 0 Å². The van der Waals surface area contributed by atoms with Gasteiger partial charge >= 0.3 is 0 Å². The fraction of sp³-hybridized carbons (Fsp3) is 0.400. The molecule has 0 spiro atoms. The zero-order valence-electron chi connectivity index (χ0n) is 13.9. The van der Waals surface area contributed by atoms with Gasteiger partial charge in [-0.2, -0.15) is 0 Å². The first-order valence-corrected chi connectivity index (χ1v) is 8.42. The van der Waals surface area contributed by atoms with Crippen molar-refractivity contribution in [2.24, 2.45) is 0 Å². The first-order valence-electron chi connectivity index (χ1n) is 8.42. The van der Waals surface area contributed by atoms with Crippen LogP contribution in [0.25, 0.3) is 0 Å². The number of aryl methyl sites for hydroxylation is 1. The maximum atomic E-state index is 6.21. The fourth-order valence-corrected chi connectivity index (χ4v) is 2.90. The van der Waals surface area contributed by atoms with Gasteiger partial charge in [0.15, 0.2) is 11.5 Å². The minimum atomic E-state index is 0.154. The van der Waals surface area contributed by atoms with Crippen LogP contribution in [0.1, 0.15) is 31.4 Å². The second-order valence-electron chi connectivity index (χ2n) is 6.31. The van der Waals surface area contributed by atoms with Crippen molar-refractivity contribution in [2.45, 2.75) is 45.4 Å². The summed E-state index contributed by atoms with van der Waals surface area (Å²) >= 11 is 0. The fourth-order valence-electron chi connectivity index (χ4n) is 2.90. The van der Waals surface area contributed by atoms with Crippen molar-refractivity contribution in [3.05, 3.63) is 59.7 Å². The second kappa shape index (κ2) is 7.51. The van der Waals surface area contributed by atoms with Gasteiger partial charge in [-0.05, 0) is 43.9 Å². The molecular weight excluding hydrogens is 286 g/mol. The van der Waals surface area contributed by atoms with Crippen molar-refractivity contribution in [1.82, 2.24) is 5.32 Å². The molecular formula is C20H25NO2. The minimum absolute atomic E-state index is 0.154. The molecule has 0 aliphatic carbocycles. The van der Waals surface area contributed by atoms with Gasteiger partial charge in [0.1, 0.15) is 6.10 Å². The lowest BCUT2D eigenvalue weighted by atomic mass is 10.0. The maximum absolute atomic E-state index is 6.21. The van der Waals surface area contributed by atoms with Gasteiger partial charge in [0.25, 0.3) is 0 Å². The second-order valence-corrected chi connectivity index (χ2v) is 6.31. The summed E-state index contributed by atoms with van der Waals surface area (Å²) in [7, 11) is 0. The SMILES string of the molecule is CC(C)Oc1cccc2c1OC(CNCc1ccccc1)CC2. The van der Waals surface area contributed by atoms with Crippen LogP contribution in [0, 0.1) is 0 Å². The Kier molecular flexibility index (Phi) is 5.19. The number of nitrogens with one attached hydrogen (secondary N) is 1. The summed E-state index contributed by atoms with van der Waals surface area (Å²) in [6.45, 7) is 5.81. The lowest BCUT2D eigenvalue weighted by Crippen LogP contribution is -2.34. The van der Waals surface area contributed by atoms with E-state index < -0.39 is 0 Å². The van der Waals surface area contributed by atoms with Crippen LogP contribution in [0.5, 0.6) is 11.5 Å². The molecule has 3 heteroatoms. The molecule has 0 saturated carbocycles. The molecule has 0 amide bonds. The molecule has 23 heavy (non-hydrogen) atoms. The van der Waals surface area contributed by atoms with E-state index in [4.69, 9.17) is 9.47 Å². The number of rotatable bonds is 6. The first kappa shape index (κ1) is 15.9. The van der Waals surface area contributed by atoms with Crippen LogP contribution in [0.2, 0.25) is 0 Å². The third kappa shape index (κ3) is 4.26. The summed E-state index contributed by atoms with van der Waals surface area (Å²) in [5, 5.41) is 3.50. The molecule has 1 atom stereocenters. The highest BCUT2D eigenvalue weighted by Crippen LogP contribution is 2.37. The summed E-state index contributed by atoms with van der Waals surface area (Å²) in [6, 6.07) is 16.6. The Bertz CT molecular complexity index is 625.